The molecule has 2 aliphatic rings. The van der Waals surface area contributed by atoms with Gasteiger partial charge in [0.1, 0.15) is 5.60 Å². The molecule has 5 nitrogen and oxygen atoms in total. The molecule has 2 fully saturated rings. The topological polar surface area (TPSA) is 62.6 Å². The Morgan fingerprint density at radius 3 is 3.09 bits per heavy atom. The van der Waals surface area contributed by atoms with E-state index in [4.69, 9.17) is 14.7 Å². The largest absolute Gasteiger partial charge is 0.385 e. The molecule has 22 heavy (non-hydrogen) atoms. The van der Waals surface area contributed by atoms with Crippen LogP contribution in [0.2, 0.25) is 0 Å². The van der Waals surface area contributed by atoms with Crippen LogP contribution in [0.3, 0.4) is 0 Å². The van der Waals surface area contributed by atoms with Gasteiger partial charge in [0.05, 0.1) is 24.7 Å². The lowest BCUT2D eigenvalue weighted by atomic mass is 9.79. The van der Waals surface area contributed by atoms with Gasteiger partial charge in [-0.25, -0.2) is 0 Å². The van der Waals surface area contributed by atoms with Gasteiger partial charge in [0.2, 0.25) is 0 Å². The van der Waals surface area contributed by atoms with Crippen molar-refractivity contribution in [2.75, 3.05) is 33.4 Å². The maximum absolute atomic E-state index is 12.5. The first kappa shape index (κ1) is 15.0. The summed E-state index contributed by atoms with van der Waals surface area (Å²) in [4.78, 5) is 14.3. The average molecular weight is 300 g/mol. The summed E-state index contributed by atoms with van der Waals surface area (Å²) in [6, 6.07) is 8.92. The zero-order chi connectivity index (χ0) is 15.6. The third-order valence-corrected chi connectivity index (χ3v) is 4.71. The first-order valence-electron chi connectivity index (χ1n) is 7.61. The smallest absolute Gasteiger partial charge is 0.254 e. The van der Waals surface area contributed by atoms with E-state index in [2.05, 4.69) is 6.07 Å². The molecule has 2 aliphatic heterocycles. The summed E-state index contributed by atoms with van der Waals surface area (Å²) in [5, 5.41) is 8.93. The maximum atomic E-state index is 12.5. The van der Waals surface area contributed by atoms with Gasteiger partial charge in [-0.3, -0.25) is 4.79 Å². The molecule has 3 rings (SSSR count). The molecular weight excluding hydrogens is 280 g/mol. The maximum Gasteiger partial charge on any atom is 0.254 e. The Balaban J connectivity index is 1.65. The summed E-state index contributed by atoms with van der Waals surface area (Å²) in [6.45, 7) is 2.77. The Labute approximate surface area is 130 Å². The van der Waals surface area contributed by atoms with Gasteiger partial charge >= 0.3 is 0 Å². The second-order valence-corrected chi connectivity index (χ2v) is 6.03. The third-order valence-electron chi connectivity index (χ3n) is 4.71. The van der Waals surface area contributed by atoms with E-state index >= 15 is 0 Å². The molecule has 0 aromatic heterocycles. The standard InChI is InChI=1S/C17H20N2O3/c1-21-7-5-15-6-8-22-17(15)11-19(12-17)16(20)14-4-2-3-13(9-14)10-18/h2-4,9,15H,5-8,11-12H2,1H3/t15-/m1/s1. The highest BCUT2D eigenvalue weighted by atomic mass is 16.5. The zero-order valence-corrected chi connectivity index (χ0v) is 12.7. The number of ether oxygens (including phenoxy) is 2. The van der Waals surface area contributed by atoms with Crippen LogP contribution in [0.25, 0.3) is 0 Å². The van der Waals surface area contributed by atoms with E-state index in [-0.39, 0.29) is 11.5 Å². The highest BCUT2D eigenvalue weighted by Crippen LogP contribution is 2.42. The molecule has 1 spiro atoms. The summed E-state index contributed by atoms with van der Waals surface area (Å²) >= 11 is 0. The monoisotopic (exact) mass is 300 g/mol. The molecule has 5 heteroatoms. The van der Waals surface area contributed by atoms with E-state index in [1.807, 2.05) is 4.90 Å². The molecule has 116 valence electrons. The van der Waals surface area contributed by atoms with Crippen LogP contribution in [0.5, 0.6) is 0 Å². The second-order valence-electron chi connectivity index (χ2n) is 6.03. The van der Waals surface area contributed by atoms with Crippen molar-refractivity contribution < 1.29 is 14.3 Å². The van der Waals surface area contributed by atoms with Crippen molar-refractivity contribution in [2.24, 2.45) is 5.92 Å². The van der Waals surface area contributed by atoms with Crippen LogP contribution in [0.1, 0.15) is 28.8 Å². The molecule has 2 heterocycles. The number of nitriles is 1. The third kappa shape index (κ3) is 2.60. The summed E-state index contributed by atoms with van der Waals surface area (Å²) in [5.74, 6) is 0.436. The minimum atomic E-state index is -0.180. The molecular formula is C17H20N2O3. The SMILES string of the molecule is COCC[C@@H]1CCOC12CN(C(=O)c1cccc(C#N)c1)C2. The first-order valence-corrected chi connectivity index (χ1v) is 7.61. The van der Waals surface area contributed by atoms with Crippen molar-refractivity contribution in [3.8, 4) is 6.07 Å². The van der Waals surface area contributed by atoms with Crippen LogP contribution in [-0.4, -0.2) is 49.8 Å². The van der Waals surface area contributed by atoms with Gasteiger partial charge in [0.25, 0.3) is 5.91 Å². The fourth-order valence-electron chi connectivity index (χ4n) is 3.45. The van der Waals surface area contributed by atoms with Crippen molar-refractivity contribution >= 4 is 5.91 Å². The molecule has 1 aromatic carbocycles. The lowest BCUT2D eigenvalue weighted by Crippen LogP contribution is -2.66. The highest BCUT2D eigenvalue weighted by Gasteiger charge is 2.54. The summed E-state index contributed by atoms with van der Waals surface area (Å²) in [7, 11) is 1.71. The normalized spacial score (nSPS) is 22.4. The molecule has 0 aliphatic carbocycles. The molecule has 0 radical (unpaired) electrons. The molecule has 0 N–H and O–H groups in total. The van der Waals surface area contributed by atoms with Crippen LogP contribution in [-0.2, 0) is 9.47 Å². The van der Waals surface area contributed by atoms with E-state index in [1.165, 1.54) is 0 Å². The molecule has 1 aromatic rings. The first-order chi connectivity index (χ1) is 10.7. The number of hydrogen-bond donors (Lipinski definition) is 0. The minimum absolute atomic E-state index is 0.0243. The Morgan fingerprint density at radius 1 is 1.55 bits per heavy atom. The van der Waals surface area contributed by atoms with Crippen molar-refractivity contribution in [1.82, 2.24) is 4.90 Å². The van der Waals surface area contributed by atoms with Gasteiger partial charge in [0.15, 0.2) is 0 Å². The van der Waals surface area contributed by atoms with Gasteiger partial charge in [-0.1, -0.05) is 6.07 Å². The number of likely N-dealkylation sites (tertiary alicyclic amines) is 1. The van der Waals surface area contributed by atoms with Gasteiger partial charge in [-0.05, 0) is 37.0 Å². The van der Waals surface area contributed by atoms with Crippen LogP contribution in [0.4, 0.5) is 0 Å². The minimum Gasteiger partial charge on any atom is -0.385 e. The number of hydrogen-bond acceptors (Lipinski definition) is 4. The van der Waals surface area contributed by atoms with Gasteiger partial charge in [-0.2, -0.15) is 5.26 Å². The lowest BCUT2D eigenvalue weighted by molar-refractivity contribution is -0.120. The molecule has 1 amide bonds. The number of carbonyl (C=O) groups is 1. The van der Waals surface area contributed by atoms with E-state index in [1.54, 1.807) is 31.4 Å². The van der Waals surface area contributed by atoms with Crippen LogP contribution in [0, 0.1) is 17.2 Å². The van der Waals surface area contributed by atoms with Gasteiger partial charge in [-0.15, -0.1) is 0 Å². The van der Waals surface area contributed by atoms with E-state index in [0.717, 1.165) is 26.1 Å². The number of methoxy groups -OCH3 is 1. The van der Waals surface area contributed by atoms with Crippen molar-refractivity contribution in [1.29, 1.82) is 5.26 Å². The Morgan fingerprint density at radius 2 is 2.36 bits per heavy atom. The van der Waals surface area contributed by atoms with E-state index < -0.39 is 0 Å². The molecule has 2 saturated heterocycles. The number of carbonyl (C=O) groups excluding carboxylic acids is 1. The fraction of sp³-hybridized carbons (Fsp3) is 0.529. The molecule has 0 saturated carbocycles. The van der Waals surface area contributed by atoms with Crippen LogP contribution >= 0.6 is 0 Å². The van der Waals surface area contributed by atoms with Crippen LogP contribution in [0.15, 0.2) is 24.3 Å². The van der Waals surface area contributed by atoms with Crippen molar-refractivity contribution in [3.63, 3.8) is 0 Å². The van der Waals surface area contributed by atoms with Gasteiger partial charge in [0, 0.05) is 25.9 Å². The number of benzene rings is 1. The number of rotatable bonds is 4. The Kier molecular flexibility index (Phi) is 4.14. The quantitative estimate of drug-likeness (QED) is 0.851. The molecule has 0 bridgehead atoms. The number of nitrogens with zero attached hydrogens (tertiary/aromatic N) is 2. The van der Waals surface area contributed by atoms with Crippen LogP contribution < -0.4 is 0 Å². The predicted molar refractivity (Wildman–Crippen MR) is 80.3 cm³/mol. The zero-order valence-electron chi connectivity index (χ0n) is 12.7. The molecule has 0 unspecified atom stereocenters. The Bertz CT molecular complexity index is 602. The van der Waals surface area contributed by atoms with Crippen molar-refractivity contribution in [2.45, 2.75) is 18.4 Å². The van der Waals surface area contributed by atoms with E-state index in [0.29, 0.717) is 30.1 Å². The number of amides is 1. The summed E-state index contributed by atoms with van der Waals surface area (Å²) in [5.41, 5.74) is 0.901. The lowest BCUT2D eigenvalue weighted by Gasteiger charge is -2.50. The molecule has 1 atom stereocenters. The van der Waals surface area contributed by atoms with E-state index in [9.17, 15) is 4.79 Å². The average Bonchev–Trinajstić information content (AvgIpc) is 2.94. The van der Waals surface area contributed by atoms with Crippen molar-refractivity contribution in [3.05, 3.63) is 35.4 Å². The predicted octanol–water partition coefficient (Wildman–Crippen LogP) is 1.83. The fourth-order valence-corrected chi connectivity index (χ4v) is 3.45. The second kappa shape index (κ2) is 6.07. The summed E-state index contributed by atoms with van der Waals surface area (Å²) in [6.07, 6.45) is 2.01. The summed E-state index contributed by atoms with van der Waals surface area (Å²) < 4.78 is 11.1. The highest BCUT2D eigenvalue weighted by molar-refractivity contribution is 5.95. The van der Waals surface area contributed by atoms with Gasteiger partial charge < -0.3 is 14.4 Å². The Hall–Kier alpha value is -1.90.